The molecule has 5 heteroatoms. The molecule has 1 rings (SSSR count). The highest BCUT2D eigenvalue weighted by molar-refractivity contribution is 5.45. The van der Waals surface area contributed by atoms with Crippen LogP contribution in [-0.4, -0.2) is 4.92 Å². The lowest BCUT2D eigenvalue weighted by atomic mass is 10.1. The van der Waals surface area contributed by atoms with Crippen molar-refractivity contribution in [2.24, 2.45) is 0 Å². The van der Waals surface area contributed by atoms with E-state index in [2.05, 4.69) is 6.92 Å². The molecule has 0 heterocycles. The van der Waals surface area contributed by atoms with Crippen LogP contribution >= 0.6 is 0 Å². The van der Waals surface area contributed by atoms with Crippen molar-refractivity contribution in [3.05, 3.63) is 46.1 Å². The van der Waals surface area contributed by atoms with E-state index in [4.69, 9.17) is 5.26 Å². The van der Waals surface area contributed by atoms with Crippen LogP contribution in [0.4, 0.5) is 10.1 Å². The minimum absolute atomic E-state index is 0.0563. The van der Waals surface area contributed by atoms with Gasteiger partial charge >= 0.3 is 0 Å². The average Bonchev–Trinajstić information content (AvgIpc) is 2.11. The summed E-state index contributed by atoms with van der Waals surface area (Å²) in [6.45, 7) is 3.36. The Labute approximate surface area is 79.7 Å². The van der Waals surface area contributed by atoms with Crippen LogP contribution in [-0.2, 0) is 6.42 Å². The fourth-order valence-electron chi connectivity index (χ4n) is 1.06. The van der Waals surface area contributed by atoms with Crippen molar-refractivity contribution in [3.63, 3.8) is 0 Å². The Hall–Kier alpha value is -1.96. The number of nitro groups is 1. The molecule has 0 fully saturated rings. The third-order valence-corrected chi connectivity index (χ3v) is 1.71. The molecule has 0 aromatic heterocycles. The van der Waals surface area contributed by atoms with Crippen LogP contribution in [0.5, 0.6) is 0 Å². The molecule has 0 bridgehead atoms. The minimum atomic E-state index is -0.738. The van der Waals surface area contributed by atoms with Crippen LogP contribution in [0.25, 0.3) is 0 Å². The Balaban J connectivity index is 3.32. The highest BCUT2D eigenvalue weighted by Crippen LogP contribution is 2.22. The van der Waals surface area contributed by atoms with E-state index < -0.39 is 10.7 Å². The van der Waals surface area contributed by atoms with E-state index in [1.165, 1.54) is 6.07 Å². The van der Waals surface area contributed by atoms with Crippen molar-refractivity contribution in [2.45, 2.75) is 6.42 Å². The van der Waals surface area contributed by atoms with Crippen molar-refractivity contribution in [3.8, 4) is 6.07 Å². The van der Waals surface area contributed by atoms with Gasteiger partial charge in [-0.1, -0.05) is 0 Å². The third-order valence-electron chi connectivity index (χ3n) is 1.71. The van der Waals surface area contributed by atoms with Gasteiger partial charge < -0.3 is 0 Å². The molecule has 0 atom stereocenters. The fourth-order valence-corrected chi connectivity index (χ4v) is 1.06. The van der Waals surface area contributed by atoms with E-state index >= 15 is 0 Å². The summed E-state index contributed by atoms with van der Waals surface area (Å²) >= 11 is 0. The molecule has 14 heavy (non-hydrogen) atoms. The number of hydrogen-bond donors (Lipinski definition) is 0. The van der Waals surface area contributed by atoms with Crippen molar-refractivity contribution >= 4 is 5.69 Å². The maximum absolute atomic E-state index is 12.9. The molecule has 0 saturated carbocycles. The summed E-state index contributed by atoms with van der Waals surface area (Å²) in [6.07, 6.45) is -0.126. The quantitative estimate of drug-likeness (QED) is 0.532. The van der Waals surface area contributed by atoms with E-state index in [0.717, 1.165) is 6.07 Å². The number of hydrogen-bond acceptors (Lipinski definition) is 3. The lowest BCUT2D eigenvalue weighted by Crippen LogP contribution is -1.97. The molecule has 0 spiro atoms. The van der Waals surface area contributed by atoms with Gasteiger partial charge in [0.1, 0.15) is 5.82 Å². The number of nitriles is 1. The first-order chi connectivity index (χ1) is 6.56. The zero-order valence-electron chi connectivity index (χ0n) is 7.16. The van der Waals surface area contributed by atoms with Gasteiger partial charge in [0.2, 0.25) is 0 Å². The second-order valence-electron chi connectivity index (χ2n) is 2.66. The molecular weight excluding hydrogens is 187 g/mol. The van der Waals surface area contributed by atoms with E-state index in [1.807, 2.05) is 0 Å². The molecule has 1 aromatic carbocycles. The Morgan fingerprint density at radius 2 is 2.29 bits per heavy atom. The molecule has 0 saturated heterocycles. The molecule has 4 nitrogen and oxygen atoms in total. The lowest BCUT2D eigenvalue weighted by molar-refractivity contribution is -0.385. The zero-order valence-corrected chi connectivity index (χ0v) is 7.16. The Morgan fingerprint density at radius 3 is 2.79 bits per heavy atom. The van der Waals surface area contributed by atoms with Gasteiger partial charge in [0.05, 0.1) is 23.5 Å². The average molecular weight is 193 g/mol. The monoisotopic (exact) mass is 193 g/mol. The summed E-state index contributed by atoms with van der Waals surface area (Å²) in [5.74, 6) is -0.738. The predicted octanol–water partition coefficient (Wildman–Crippen LogP) is 1.98. The number of halogens is 1. The molecule has 0 amide bonds. The summed E-state index contributed by atoms with van der Waals surface area (Å²) in [5, 5.41) is 18.9. The molecule has 1 aromatic rings. The first kappa shape index (κ1) is 10.1. The Kier molecular flexibility index (Phi) is 2.77. The van der Waals surface area contributed by atoms with Crippen LogP contribution in [0.1, 0.15) is 11.1 Å². The number of nitro benzene ring substituents is 1. The van der Waals surface area contributed by atoms with Crippen molar-refractivity contribution in [2.75, 3.05) is 0 Å². The summed E-state index contributed by atoms with van der Waals surface area (Å²) in [7, 11) is 0. The smallest absolute Gasteiger partial charge is 0.258 e. The maximum atomic E-state index is 12.9. The topological polar surface area (TPSA) is 66.9 Å². The number of benzene rings is 1. The fraction of sp³-hybridized carbons (Fsp3) is 0.111. The van der Waals surface area contributed by atoms with E-state index in [0.29, 0.717) is 0 Å². The van der Waals surface area contributed by atoms with Gasteiger partial charge in [-0.25, -0.2) is 4.39 Å². The van der Waals surface area contributed by atoms with Crippen LogP contribution in [0.3, 0.4) is 0 Å². The van der Waals surface area contributed by atoms with Crippen LogP contribution in [0, 0.1) is 34.2 Å². The van der Waals surface area contributed by atoms with Crippen molar-refractivity contribution in [1.82, 2.24) is 0 Å². The van der Waals surface area contributed by atoms with Crippen LogP contribution < -0.4 is 0 Å². The Bertz CT molecular complexity index is 424. The molecule has 0 aliphatic rings. The summed E-state index contributed by atoms with van der Waals surface area (Å²) in [4.78, 5) is 9.76. The number of rotatable bonds is 2. The molecule has 0 unspecified atom stereocenters. The largest absolute Gasteiger partial charge is 0.276 e. The predicted molar refractivity (Wildman–Crippen MR) is 46.8 cm³/mol. The highest BCUT2D eigenvalue weighted by Gasteiger charge is 2.16. The SMILES string of the molecule is [CH2]c1cc(CC#N)c([N+](=O)[O-])cc1F. The highest BCUT2D eigenvalue weighted by atomic mass is 19.1. The van der Waals surface area contributed by atoms with Gasteiger partial charge in [0, 0.05) is 5.56 Å². The Morgan fingerprint density at radius 1 is 1.64 bits per heavy atom. The normalized spacial score (nSPS) is 9.50. The molecule has 1 radical (unpaired) electrons. The van der Waals surface area contributed by atoms with Gasteiger partial charge in [-0.3, -0.25) is 10.1 Å². The standard InChI is InChI=1S/C9H6FN2O2/c1-6-4-7(2-3-11)9(12(13)14)5-8(6)10/h4-5H,1-2H2. The number of nitrogens with zero attached hydrogens (tertiary/aromatic N) is 2. The van der Waals surface area contributed by atoms with E-state index in [-0.39, 0.29) is 23.2 Å². The summed E-state index contributed by atoms with van der Waals surface area (Å²) < 4.78 is 12.9. The zero-order chi connectivity index (χ0) is 10.7. The second-order valence-corrected chi connectivity index (χ2v) is 2.66. The summed E-state index contributed by atoms with van der Waals surface area (Å²) in [5.41, 5.74) is -0.138. The van der Waals surface area contributed by atoms with Crippen LogP contribution in [0.15, 0.2) is 12.1 Å². The molecule has 0 aliphatic heterocycles. The molecular formula is C9H6FN2O2. The van der Waals surface area contributed by atoms with Crippen LogP contribution in [0.2, 0.25) is 0 Å². The maximum Gasteiger partial charge on any atom is 0.276 e. The molecule has 0 aliphatic carbocycles. The minimum Gasteiger partial charge on any atom is -0.258 e. The third kappa shape index (κ3) is 1.85. The van der Waals surface area contributed by atoms with Crippen molar-refractivity contribution in [1.29, 1.82) is 5.26 Å². The molecule has 0 N–H and O–H groups in total. The summed E-state index contributed by atoms with van der Waals surface area (Å²) in [6, 6.07) is 3.78. The van der Waals surface area contributed by atoms with E-state index in [9.17, 15) is 14.5 Å². The first-order valence-corrected chi connectivity index (χ1v) is 3.72. The van der Waals surface area contributed by atoms with Crippen molar-refractivity contribution < 1.29 is 9.31 Å². The molecule has 71 valence electrons. The first-order valence-electron chi connectivity index (χ1n) is 3.72. The van der Waals surface area contributed by atoms with Gasteiger partial charge in [0.15, 0.2) is 0 Å². The second kappa shape index (κ2) is 3.83. The van der Waals surface area contributed by atoms with Gasteiger partial charge in [0.25, 0.3) is 5.69 Å². The lowest BCUT2D eigenvalue weighted by Gasteiger charge is -2.01. The van der Waals surface area contributed by atoms with Gasteiger partial charge in [-0.2, -0.15) is 5.26 Å². The van der Waals surface area contributed by atoms with E-state index in [1.54, 1.807) is 6.07 Å². The van der Waals surface area contributed by atoms with Gasteiger partial charge in [-0.15, -0.1) is 0 Å². The van der Waals surface area contributed by atoms with Gasteiger partial charge in [-0.05, 0) is 18.6 Å².